The van der Waals surface area contributed by atoms with Crippen LogP contribution in [0.5, 0.6) is 0 Å². The fourth-order valence-corrected chi connectivity index (χ4v) is 2.69. The van der Waals surface area contributed by atoms with Crippen molar-refractivity contribution in [3.05, 3.63) is 59.2 Å². The minimum Gasteiger partial charge on any atom is -0.0622 e. The van der Waals surface area contributed by atoms with Gasteiger partial charge in [-0.1, -0.05) is 77.1 Å². The number of hydrogen-bond acceptors (Lipinski definition) is 0. The van der Waals surface area contributed by atoms with Crippen LogP contribution in [-0.2, 0) is 5.41 Å². The van der Waals surface area contributed by atoms with Gasteiger partial charge >= 0.3 is 0 Å². The monoisotopic (exact) mass is 266 g/mol. The SMILES string of the molecule is Cc1c(-c2ccccc2)cc(C(C)(C)C)cc1C(C)C. The van der Waals surface area contributed by atoms with E-state index in [4.69, 9.17) is 0 Å². The molecule has 106 valence electrons. The van der Waals surface area contributed by atoms with Crippen molar-refractivity contribution in [3.8, 4) is 11.1 Å². The van der Waals surface area contributed by atoms with Crippen molar-refractivity contribution < 1.29 is 0 Å². The van der Waals surface area contributed by atoms with E-state index in [0.29, 0.717) is 5.92 Å². The van der Waals surface area contributed by atoms with E-state index < -0.39 is 0 Å². The van der Waals surface area contributed by atoms with E-state index in [2.05, 4.69) is 84.0 Å². The molecule has 0 fully saturated rings. The zero-order valence-corrected chi connectivity index (χ0v) is 13.6. The summed E-state index contributed by atoms with van der Waals surface area (Å²) in [6.07, 6.45) is 0. The summed E-state index contributed by atoms with van der Waals surface area (Å²) in [5.41, 5.74) is 7.18. The van der Waals surface area contributed by atoms with E-state index in [-0.39, 0.29) is 5.41 Å². The third-order valence-electron chi connectivity index (χ3n) is 4.02. The lowest BCUT2D eigenvalue weighted by atomic mass is 9.80. The Bertz CT molecular complexity index is 583. The second kappa shape index (κ2) is 5.44. The van der Waals surface area contributed by atoms with E-state index in [0.717, 1.165) is 0 Å². The van der Waals surface area contributed by atoms with E-state index in [1.165, 1.54) is 27.8 Å². The highest BCUT2D eigenvalue weighted by Gasteiger charge is 2.19. The zero-order chi connectivity index (χ0) is 14.9. The topological polar surface area (TPSA) is 0 Å². The summed E-state index contributed by atoms with van der Waals surface area (Å²) < 4.78 is 0. The number of hydrogen-bond donors (Lipinski definition) is 0. The third-order valence-corrected chi connectivity index (χ3v) is 4.02. The Labute approximate surface area is 123 Å². The second-order valence-corrected chi connectivity index (χ2v) is 7.01. The first-order chi connectivity index (χ1) is 9.30. The summed E-state index contributed by atoms with van der Waals surface area (Å²) in [6.45, 7) is 13.7. The third kappa shape index (κ3) is 2.95. The van der Waals surface area contributed by atoms with Crippen molar-refractivity contribution >= 4 is 0 Å². The van der Waals surface area contributed by atoms with Gasteiger partial charge in [-0.15, -0.1) is 0 Å². The quantitative estimate of drug-likeness (QED) is 0.617. The molecule has 0 saturated heterocycles. The summed E-state index contributed by atoms with van der Waals surface area (Å²) in [6, 6.07) is 15.5. The maximum atomic E-state index is 2.40. The molecule has 2 aromatic carbocycles. The Balaban J connectivity index is 2.70. The highest BCUT2D eigenvalue weighted by atomic mass is 14.2. The first-order valence-corrected chi connectivity index (χ1v) is 7.51. The smallest absolute Gasteiger partial charge is 0.0132 e. The van der Waals surface area contributed by atoms with Gasteiger partial charge in [0.1, 0.15) is 0 Å². The van der Waals surface area contributed by atoms with Gasteiger partial charge in [-0.25, -0.2) is 0 Å². The Hall–Kier alpha value is -1.56. The van der Waals surface area contributed by atoms with Crippen LogP contribution in [0, 0.1) is 6.92 Å². The van der Waals surface area contributed by atoms with Crippen LogP contribution in [0.1, 0.15) is 57.2 Å². The summed E-state index contributed by atoms with van der Waals surface area (Å²) in [7, 11) is 0. The Morgan fingerprint density at radius 2 is 1.50 bits per heavy atom. The number of benzene rings is 2. The van der Waals surface area contributed by atoms with Crippen LogP contribution in [-0.4, -0.2) is 0 Å². The Morgan fingerprint density at radius 1 is 0.900 bits per heavy atom. The van der Waals surface area contributed by atoms with Crippen molar-refractivity contribution in [2.24, 2.45) is 0 Å². The maximum absolute atomic E-state index is 2.40. The molecule has 0 amide bonds. The fraction of sp³-hybridized carbons (Fsp3) is 0.400. The molecule has 2 aromatic rings. The molecular formula is C20H26. The average molecular weight is 266 g/mol. The van der Waals surface area contributed by atoms with Crippen LogP contribution in [0.15, 0.2) is 42.5 Å². The van der Waals surface area contributed by atoms with Crippen LogP contribution >= 0.6 is 0 Å². The molecule has 20 heavy (non-hydrogen) atoms. The summed E-state index contributed by atoms with van der Waals surface area (Å²) in [5.74, 6) is 0.555. The first-order valence-electron chi connectivity index (χ1n) is 7.51. The normalized spacial score (nSPS) is 11.9. The second-order valence-electron chi connectivity index (χ2n) is 7.01. The predicted octanol–water partition coefficient (Wildman–Crippen LogP) is 6.08. The number of rotatable bonds is 2. The van der Waals surface area contributed by atoms with Gasteiger partial charge in [0, 0.05) is 0 Å². The van der Waals surface area contributed by atoms with E-state index in [9.17, 15) is 0 Å². The van der Waals surface area contributed by atoms with Crippen molar-refractivity contribution in [2.75, 3.05) is 0 Å². The van der Waals surface area contributed by atoms with Crippen LogP contribution in [0.4, 0.5) is 0 Å². The molecule has 0 bridgehead atoms. The van der Waals surface area contributed by atoms with Crippen LogP contribution in [0.25, 0.3) is 11.1 Å². The molecule has 0 saturated carbocycles. The molecule has 0 N–H and O–H groups in total. The van der Waals surface area contributed by atoms with E-state index >= 15 is 0 Å². The largest absolute Gasteiger partial charge is 0.0622 e. The molecule has 0 unspecified atom stereocenters. The molecule has 0 heterocycles. The summed E-state index contributed by atoms with van der Waals surface area (Å²) in [4.78, 5) is 0. The van der Waals surface area contributed by atoms with Gasteiger partial charge in [-0.05, 0) is 46.1 Å². The molecule has 0 spiro atoms. The van der Waals surface area contributed by atoms with Gasteiger partial charge in [0.05, 0.1) is 0 Å². The highest BCUT2D eigenvalue weighted by molar-refractivity contribution is 5.70. The molecule has 2 rings (SSSR count). The molecule has 0 atom stereocenters. The minimum atomic E-state index is 0.181. The van der Waals surface area contributed by atoms with Crippen LogP contribution in [0.2, 0.25) is 0 Å². The zero-order valence-electron chi connectivity index (χ0n) is 13.6. The fourth-order valence-electron chi connectivity index (χ4n) is 2.69. The van der Waals surface area contributed by atoms with E-state index in [1.807, 2.05) is 0 Å². The minimum absolute atomic E-state index is 0.181. The molecule has 0 aromatic heterocycles. The molecule has 0 nitrogen and oxygen atoms in total. The Morgan fingerprint density at radius 3 is 2.00 bits per heavy atom. The van der Waals surface area contributed by atoms with Crippen molar-refractivity contribution in [2.45, 2.75) is 52.9 Å². The van der Waals surface area contributed by atoms with Crippen molar-refractivity contribution in [1.82, 2.24) is 0 Å². The van der Waals surface area contributed by atoms with Gasteiger partial charge in [0.15, 0.2) is 0 Å². The predicted molar refractivity (Wildman–Crippen MR) is 89.4 cm³/mol. The molecule has 0 aliphatic heterocycles. The highest BCUT2D eigenvalue weighted by Crippen LogP contribution is 2.35. The van der Waals surface area contributed by atoms with Crippen molar-refractivity contribution in [3.63, 3.8) is 0 Å². The van der Waals surface area contributed by atoms with Gasteiger partial charge in [0.2, 0.25) is 0 Å². The molecule has 0 radical (unpaired) electrons. The molecule has 0 aliphatic carbocycles. The standard InChI is InChI=1S/C20H26/c1-14(2)18-12-17(20(4,5)6)13-19(15(18)3)16-10-8-7-9-11-16/h7-14H,1-6H3. The van der Waals surface area contributed by atoms with Gasteiger partial charge in [-0.3, -0.25) is 0 Å². The van der Waals surface area contributed by atoms with Gasteiger partial charge < -0.3 is 0 Å². The lowest BCUT2D eigenvalue weighted by Crippen LogP contribution is -2.13. The van der Waals surface area contributed by atoms with Gasteiger partial charge in [-0.2, -0.15) is 0 Å². The summed E-state index contributed by atoms with van der Waals surface area (Å²) in [5, 5.41) is 0. The van der Waals surface area contributed by atoms with Crippen molar-refractivity contribution in [1.29, 1.82) is 0 Å². The summed E-state index contributed by atoms with van der Waals surface area (Å²) >= 11 is 0. The Kier molecular flexibility index (Phi) is 4.04. The molecule has 0 aliphatic rings. The van der Waals surface area contributed by atoms with E-state index in [1.54, 1.807) is 0 Å². The van der Waals surface area contributed by atoms with Crippen LogP contribution in [0.3, 0.4) is 0 Å². The maximum Gasteiger partial charge on any atom is -0.0132 e. The molecular weight excluding hydrogens is 240 g/mol. The molecule has 0 heteroatoms. The average Bonchev–Trinajstić information content (AvgIpc) is 2.38. The first kappa shape index (κ1) is 14.8. The lowest BCUT2D eigenvalue weighted by molar-refractivity contribution is 0.588. The lowest BCUT2D eigenvalue weighted by Gasteiger charge is -2.24. The van der Waals surface area contributed by atoms with Gasteiger partial charge in [0.25, 0.3) is 0 Å². The van der Waals surface area contributed by atoms with Crippen LogP contribution < -0.4 is 0 Å².